The highest BCUT2D eigenvalue weighted by molar-refractivity contribution is 7.90. The molecule has 2 aromatic rings. The van der Waals surface area contributed by atoms with Crippen LogP contribution < -0.4 is 10.6 Å². The van der Waals surface area contributed by atoms with Crippen molar-refractivity contribution in [1.29, 1.82) is 0 Å². The first kappa shape index (κ1) is 15.5. The minimum absolute atomic E-state index is 0.0225. The molecule has 21 heavy (non-hydrogen) atoms. The lowest BCUT2D eigenvalue weighted by Crippen LogP contribution is -2.17. The highest BCUT2D eigenvalue weighted by atomic mass is 32.2. The Hall–Kier alpha value is -1.93. The van der Waals surface area contributed by atoms with Crippen LogP contribution in [0.25, 0.3) is 0 Å². The zero-order valence-corrected chi connectivity index (χ0v) is 12.9. The van der Waals surface area contributed by atoms with E-state index in [0.717, 1.165) is 6.54 Å². The number of nitrogens with zero attached hydrogens (tertiary/aromatic N) is 2. The average Bonchev–Trinajstić information content (AvgIpc) is 2.87. The lowest BCUT2D eigenvalue weighted by atomic mass is 10.3. The van der Waals surface area contributed by atoms with Crippen LogP contribution in [0, 0.1) is 0 Å². The Balaban J connectivity index is 2.08. The highest BCUT2D eigenvalue weighted by Crippen LogP contribution is 2.19. The summed E-state index contributed by atoms with van der Waals surface area (Å²) in [6.07, 6.45) is 1.17. The third-order valence-electron chi connectivity index (χ3n) is 2.86. The first-order chi connectivity index (χ1) is 9.90. The summed E-state index contributed by atoms with van der Waals surface area (Å²) in [6, 6.07) is 6.58. The van der Waals surface area contributed by atoms with E-state index in [2.05, 4.69) is 20.8 Å². The monoisotopic (exact) mass is 310 g/mol. The fourth-order valence-electron chi connectivity index (χ4n) is 1.76. The smallest absolute Gasteiger partial charge is 0.320 e. The molecule has 0 saturated heterocycles. The summed E-state index contributed by atoms with van der Waals surface area (Å²) in [5.74, 6) is 0.493. The van der Waals surface area contributed by atoms with Crippen molar-refractivity contribution in [2.24, 2.45) is 0 Å². The van der Waals surface area contributed by atoms with Gasteiger partial charge in [-0.05, 0) is 37.7 Å². The quantitative estimate of drug-likeness (QED) is 0.840. The van der Waals surface area contributed by atoms with Crippen molar-refractivity contribution >= 4 is 21.5 Å². The van der Waals surface area contributed by atoms with E-state index in [1.807, 2.05) is 13.8 Å². The Kier molecular flexibility index (Phi) is 4.59. The number of benzene rings is 1. The molecule has 0 spiro atoms. The molecule has 0 bridgehead atoms. The molecule has 0 amide bonds. The number of nitrogens with one attached hydrogen (secondary N) is 2. The lowest BCUT2D eigenvalue weighted by Gasteiger charge is -2.06. The van der Waals surface area contributed by atoms with Gasteiger partial charge in [0.15, 0.2) is 9.84 Å². The molecule has 0 fully saturated rings. The molecule has 8 heteroatoms. The van der Waals surface area contributed by atoms with Crippen LogP contribution in [0.1, 0.15) is 25.8 Å². The van der Waals surface area contributed by atoms with Crippen LogP contribution in [0.5, 0.6) is 0 Å². The number of sulfone groups is 1. The second-order valence-electron chi connectivity index (χ2n) is 4.65. The summed E-state index contributed by atoms with van der Waals surface area (Å²) in [5.41, 5.74) is 0.675. The Morgan fingerprint density at radius 1 is 1.24 bits per heavy atom. The van der Waals surface area contributed by atoms with E-state index < -0.39 is 9.84 Å². The minimum Gasteiger partial charge on any atom is -0.406 e. The summed E-state index contributed by atoms with van der Waals surface area (Å²) in [6.45, 7) is 4.73. The van der Waals surface area contributed by atoms with Gasteiger partial charge in [-0.2, -0.15) is 0 Å². The number of anilines is 2. The molecule has 114 valence electrons. The van der Waals surface area contributed by atoms with Crippen LogP contribution in [-0.4, -0.2) is 31.4 Å². The summed E-state index contributed by atoms with van der Waals surface area (Å²) < 4.78 is 28.2. The SMILES string of the molecule is CCNC(C)c1nnc(Nc2ccc(S(C)(=O)=O)cc2)o1. The Morgan fingerprint density at radius 2 is 1.90 bits per heavy atom. The maximum atomic E-state index is 11.4. The maximum Gasteiger partial charge on any atom is 0.320 e. The molecule has 2 rings (SSSR count). The van der Waals surface area contributed by atoms with Crippen LogP contribution in [0.15, 0.2) is 33.6 Å². The van der Waals surface area contributed by atoms with Crippen molar-refractivity contribution in [3.8, 4) is 0 Å². The van der Waals surface area contributed by atoms with Gasteiger partial charge < -0.3 is 15.1 Å². The van der Waals surface area contributed by atoms with Crippen LogP contribution in [-0.2, 0) is 9.84 Å². The van der Waals surface area contributed by atoms with E-state index in [0.29, 0.717) is 11.6 Å². The number of rotatable bonds is 6. The molecule has 7 nitrogen and oxygen atoms in total. The van der Waals surface area contributed by atoms with E-state index in [1.54, 1.807) is 12.1 Å². The fraction of sp³-hybridized carbons (Fsp3) is 0.385. The van der Waals surface area contributed by atoms with Crippen LogP contribution >= 0.6 is 0 Å². The lowest BCUT2D eigenvalue weighted by molar-refractivity contribution is 0.430. The van der Waals surface area contributed by atoms with Gasteiger partial charge in [-0.1, -0.05) is 12.0 Å². The van der Waals surface area contributed by atoms with Crippen LogP contribution in [0.3, 0.4) is 0 Å². The van der Waals surface area contributed by atoms with Crippen molar-refractivity contribution in [3.63, 3.8) is 0 Å². The number of hydrogen-bond acceptors (Lipinski definition) is 7. The first-order valence-electron chi connectivity index (χ1n) is 6.54. The van der Waals surface area contributed by atoms with Gasteiger partial charge in [-0.3, -0.25) is 0 Å². The zero-order valence-electron chi connectivity index (χ0n) is 12.1. The largest absolute Gasteiger partial charge is 0.406 e. The molecule has 0 saturated carbocycles. The summed E-state index contributed by atoms with van der Waals surface area (Å²) >= 11 is 0. The third-order valence-corrected chi connectivity index (χ3v) is 3.98. The van der Waals surface area contributed by atoms with Gasteiger partial charge in [-0.25, -0.2) is 8.42 Å². The van der Waals surface area contributed by atoms with Gasteiger partial charge in [0.05, 0.1) is 10.9 Å². The van der Waals surface area contributed by atoms with Gasteiger partial charge in [0, 0.05) is 11.9 Å². The number of aromatic nitrogens is 2. The molecule has 2 N–H and O–H groups in total. The molecular formula is C13H18N4O3S. The van der Waals surface area contributed by atoms with Gasteiger partial charge in [0.2, 0.25) is 5.89 Å². The summed E-state index contributed by atoms with van der Waals surface area (Å²) in [5, 5.41) is 14.0. The normalized spacial score (nSPS) is 13.1. The van der Waals surface area contributed by atoms with Gasteiger partial charge in [-0.15, -0.1) is 5.10 Å². The predicted octanol–water partition coefficient (Wildman–Crippen LogP) is 1.89. The summed E-state index contributed by atoms with van der Waals surface area (Å²) in [4.78, 5) is 0.264. The average molecular weight is 310 g/mol. The second-order valence-corrected chi connectivity index (χ2v) is 6.66. The molecular weight excluding hydrogens is 292 g/mol. The first-order valence-corrected chi connectivity index (χ1v) is 8.43. The Labute approximate surface area is 123 Å². The van der Waals surface area contributed by atoms with Gasteiger partial charge >= 0.3 is 6.01 Å². The van der Waals surface area contributed by atoms with Gasteiger partial charge in [0.1, 0.15) is 0 Å². The highest BCUT2D eigenvalue weighted by Gasteiger charge is 2.13. The van der Waals surface area contributed by atoms with Crippen molar-refractivity contribution in [2.45, 2.75) is 24.8 Å². The van der Waals surface area contributed by atoms with E-state index >= 15 is 0 Å². The van der Waals surface area contributed by atoms with Crippen molar-refractivity contribution in [3.05, 3.63) is 30.2 Å². The minimum atomic E-state index is -3.19. The van der Waals surface area contributed by atoms with Crippen LogP contribution in [0.4, 0.5) is 11.7 Å². The standard InChI is InChI=1S/C13H18N4O3S/c1-4-14-9(2)12-16-17-13(20-12)15-10-5-7-11(8-6-10)21(3,18)19/h5-9,14H,4H2,1-3H3,(H,15,17). The van der Waals surface area contributed by atoms with Gasteiger partial charge in [0.25, 0.3) is 0 Å². The Morgan fingerprint density at radius 3 is 2.48 bits per heavy atom. The Bertz CT molecular complexity index is 694. The molecule has 1 atom stereocenters. The fourth-order valence-corrected chi connectivity index (χ4v) is 2.39. The number of hydrogen-bond donors (Lipinski definition) is 2. The summed E-state index contributed by atoms with van der Waals surface area (Å²) in [7, 11) is -3.19. The van der Waals surface area contributed by atoms with Crippen LogP contribution in [0.2, 0.25) is 0 Å². The van der Waals surface area contributed by atoms with E-state index in [1.165, 1.54) is 18.4 Å². The molecule has 0 aliphatic rings. The molecule has 1 aromatic heterocycles. The van der Waals surface area contributed by atoms with E-state index in [4.69, 9.17) is 4.42 Å². The topological polar surface area (TPSA) is 97.1 Å². The molecule has 0 aliphatic carbocycles. The molecule has 0 aliphatic heterocycles. The predicted molar refractivity (Wildman–Crippen MR) is 79.2 cm³/mol. The van der Waals surface area contributed by atoms with Crippen molar-refractivity contribution < 1.29 is 12.8 Å². The second kappa shape index (κ2) is 6.23. The zero-order chi connectivity index (χ0) is 15.5. The molecule has 1 heterocycles. The van der Waals surface area contributed by atoms with E-state index in [-0.39, 0.29) is 17.0 Å². The van der Waals surface area contributed by atoms with E-state index in [9.17, 15) is 8.42 Å². The maximum absolute atomic E-state index is 11.4. The van der Waals surface area contributed by atoms with Crippen molar-refractivity contribution in [2.75, 3.05) is 18.1 Å². The van der Waals surface area contributed by atoms with Crippen molar-refractivity contribution in [1.82, 2.24) is 15.5 Å². The molecule has 1 unspecified atom stereocenters. The molecule has 1 aromatic carbocycles. The third kappa shape index (κ3) is 4.02. The molecule has 0 radical (unpaired) electrons.